The van der Waals surface area contributed by atoms with Crippen molar-refractivity contribution in [1.82, 2.24) is 15.1 Å². The van der Waals surface area contributed by atoms with E-state index in [0.29, 0.717) is 19.9 Å². The summed E-state index contributed by atoms with van der Waals surface area (Å²) in [6.07, 6.45) is 2.22. The van der Waals surface area contributed by atoms with Crippen LogP contribution in [0.15, 0.2) is 23.2 Å². The number of amides is 1. The van der Waals surface area contributed by atoms with Crippen molar-refractivity contribution in [3.63, 3.8) is 0 Å². The molecule has 28 heavy (non-hydrogen) atoms. The number of benzene rings is 1. The van der Waals surface area contributed by atoms with Gasteiger partial charge in [0.1, 0.15) is 0 Å². The maximum absolute atomic E-state index is 12.4. The van der Waals surface area contributed by atoms with Crippen LogP contribution in [0.25, 0.3) is 0 Å². The van der Waals surface area contributed by atoms with E-state index < -0.39 is 0 Å². The van der Waals surface area contributed by atoms with E-state index in [1.807, 2.05) is 43.7 Å². The number of fused-ring (bicyclic) bond motifs is 1. The van der Waals surface area contributed by atoms with Crippen LogP contribution in [0, 0.1) is 0 Å². The smallest absolute Gasteiger partial charge is 0.242 e. The summed E-state index contributed by atoms with van der Waals surface area (Å²) in [6.45, 7) is 9.57. The molecule has 1 amide bonds. The normalized spacial score (nSPS) is 16.6. The van der Waals surface area contributed by atoms with E-state index in [1.54, 1.807) is 0 Å². The van der Waals surface area contributed by atoms with Crippen molar-refractivity contribution in [2.75, 3.05) is 46.6 Å². The fourth-order valence-corrected chi connectivity index (χ4v) is 3.57. The van der Waals surface area contributed by atoms with Gasteiger partial charge in [0, 0.05) is 32.1 Å². The van der Waals surface area contributed by atoms with Crippen LogP contribution in [0.5, 0.6) is 11.5 Å². The van der Waals surface area contributed by atoms with Gasteiger partial charge in [-0.25, -0.2) is 0 Å². The molecule has 1 heterocycles. The number of likely N-dealkylation sites (N-methyl/N-ethyl adjacent to an activating group) is 2. The van der Waals surface area contributed by atoms with Crippen LogP contribution in [-0.4, -0.2) is 68.2 Å². The van der Waals surface area contributed by atoms with Gasteiger partial charge in [-0.3, -0.25) is 9.79 Å². The largest absolute Gasteiger partial charge is 0.454 e. The van der Waals surface area contributed by atoms with Gasteiger partial charge in [0.15, 0.2) is 17.5 Å². The van der Waals surface area contributed by atoms with Crippen molar-refractivity contribution in [1.29, 1.82) is 0 Å². The third-order valence-corrected chi connectivity index (χ3v) is 5.56. The SMILES string of the molecule is CCNC(=NCC1(c2ccc3c(c2)OCO3)CC1)N(C)CC(=O)N(CC)CC. The molecule has 154 valence electrons. The van der Waals surface area contributed by atoms with Gasteiger partial charge in [-0.05, 0) is 51.3 Å². The molecule has 1 aromatic carbocycles. The number of carbonyl (C=O) groups excluding carboxylic acids is 1. The molecule has 1 aliphatic heterocycles. The van der Waals surface area contributed by atoms with E-state index in [1.165, 1.54) is 5.56 Å². The van der Waals surface area contributed by atoms with Crippen LogP contribution in [0.1, 0.15) is 39.2 Å². The average Bonchev–Trinajstić information content (AvgIpc) is 3.33. The minimum absolute atomic E-state index is 0.0609. The van der Waals surface area contributed by atoms with E-state index >= 15 is 0 Å². The van der Waals surface area contributed by atoms with Crippen LogP contribution >= 0.6 is 0 Å². The lowest BCUT2D eigenvalue weighted by Crippen LogP contribution is -2.46. The molecule has 1 fully saturated rings. The zero-order valence-electron chi connectivity index (χ0n) is 17.5. The van der Waals surface area contributed by atoms with Crippen LogP contribution < -0.4 is 14.8 Å². The first kappa shape index (κ1) is 20.3. The van der Waals surface area contributed by atoms with Gasteiger partial charge in [0.05, 0.1) is 13.1 Å². The molecule has 7 nitrogen and oxygen atoms in total. The van der Waals surface area contributed by atoms with Crippen molar-refractivity contribution < 1.29 is 14.3 Å². The first-order valence-corrected chi connectivity index (χ1v) is 10.2. The molecule has 2 aliphatic rings. The fraction of sp³-hybridized carbons (Fsp3) is 0.619. The number of hydrogen-bond donors (Lipinski definition) is 1. The number of nitrogens with zero attached hydrogens (tertiary/aromatic N) is 3. The van der Waals surface area contributed by atoms with Crippen molar-refractivity contribution in [3.8, 4) is 11.5 Å². The van der Waals surface area contributed by atoms with E-state index in [0.717, 1.165) is 49.9 Å². The van der Waals surface area contributed by atoms with Gasteiger partial charge in [0.2, 0.25) is 12.7 Å². The summed E-state index contributed by atoms with van der Waals surface area (Å²) in [7, 11) is 1.92. The Morgan fingerprint density at radius 1 is 1.18 bits per heavy atom. The second-order valence-electron chi connectivity index (χ2n) is 7.44. The van der Waals surface area contributed by atoms with E-state index in [-0.39, 0.29) is 11.3 Å². The minimum atomic E-state index is 0.0609. The minimum Gasteiger partial charge on any atom is -0.454 e. The van der Waals surface area contributed by atoms with Crippen LogP contribution in [0.3, 0.4) is 0 Å². The highest BCUT2D eigenvalue weighted by molar-refractivity contribution is 5.86. The lowest BCUT2D eigenvalue weighted by Gasteiger charge is -2.26. The molecule has 1 aliphatic carbocycles. The topological polar surface area (TPSA) is 66.4 Å². The summed E-state index contributed by atoms with van der Waals surface area (Å²) in [5, 5.41) is 3.32. The van der Waals surface area contributed by atoms with Crippen LogP contribution in [0.2, 0.25) is 0 Å². The molecule has 1 aromatic rings. The summed E-state index contributed by atoms with van der Waals surface area (Å²) >= 11 is 0. The first-order valence-electron chi connectivity index (χ1n) is 10.2. The average molecular weight is 389 g/mol. The predicted molar refractivity (Wildman–Crippen MR) is 110 cm³/mol. The second-order valence-corrected chi connectivity index (χ2v) is 7.44. The Morgan fingerprint density at radius 2 is 1.89 bits per heavy atom. The Hall–Kier alpha value is -2.44. The Labute approximate surface area is 167 Å². The number of rotatable bonds is 8. The van der Waals surface area contributed by atoms with Crippen molar-refractivity contribution in [2.45, 2.75) is 39.0 Å². The van der Waals surface area contributed by atoms with E-state index in [2.05, 4.69) is 17.4 Å². The summed E-state index contributed by atoms with van der Waals surface area (Å²) in [5.41, 5.74) is 1.31. The maximum atomic E-state index is 12.4. The predicted octanol–water partition coefficient (Wildman–Crippen LogP) is 2.21. The zero-order chi connectivity index (χ0) is 20.1. The summed E-state index contributed by atoms with van der Waals surface area (Å²) in [5.74, 6) is 2.53. The molecule has 0 bridgehead atoms. The second kappa shape index (κ2) is 8.71. The molecule has 0 unspecified atom stereocenters. The highest BCUT2D eigenvalue weighted by Crippen LogP contribution is 2.50. The number of hydrogen-bond acceptors (Lipinski definition) is 4. The lowest BCUT2D eigenvalue weighted by atomic mass is 9.96. The lowest BCUT2D eigenvalue weighted by molar-refractivity contribution is -0.131. The highest BCUT2D eigenvalue weighted by Gasteiger charge is 2.45. The standard InChI is InChI=1S/C21H32N4O3/c1-5-22-20(24(4)13-19(26)25(6-2)7-3)23-14-21(10-11-21)16-8-9-17-18(12-16)28-15-27-17/h8-9,12H,5-7,10-11,13-15H2,1-4H3,(H,22,23). The number of nitrogens with one attached hydrogen (secondary N) is 1. The molecule has 3 rings (SSSR count). The monoisotopic (exact) mass is 388 g/mol. The summed E-state index contributed by atoms with van der Waals surface area (Å²) in [4.78, 5) is 21.1. The van der Waals surface area contributed by atoms with Gasteiger partial charge in [-0.1, -0.05) is 6.07 Å². The number of guanidine groups is 1. The molecule has 7 heteroatoms. The summed E-state index contributed by atoms with van der Waals surface area (Å²) in [6, 6.07) is 6.20. The van der Waals surface area contributed by atoms with Gasteiger partial charge in [0.25, 0.3) is 0 Å². The Balaban J connectivity index is 1.69. The molecule has 0 aromatic heterocycles. The fourth-order valence-electron chi connectivity index (χ4n) is 3.57. The molecule has 0 radical (unpaired) electrons. The van der Waals surface area contributed by atoms with Gasteiger partial charge in [-0.2, -0.15) is 0 Å². The number of aliphatic imine (C=N–C) groups is 1. The van der Waals surface area contributed by atoms with Crippen molar-refractivity contribution >= 4 is 11.9 Å². The maximum Gasteiger partial charge on any atom is 0.242 e. The third-order valence-electron chi connectivity index (χ3n) is 5.56. The molecular weight excluding hydrogens is 356 g/mol. The molecule has 0 atom stereocenters. The first-order chi connectivity index (χ1) is 13.5. The van der Waals surface area contributed by atoms with Crippen LogP contribution in [-0.2, 0) is 10.2 Å². The quantitative estimate of drug-likeness (QED) is 0.546. The summed E-state index contributed by atoms with van der Waals surface area (Å²) < 4.78 is 11.0. The highest BCUT2D eigenvalue weighted by atomic mass is 16.7. The molecule has 0 spiro atoms. The van der Waals surface area contributed by atoms with E-state index in [9.17, 15) is 4.79 Å². The molecular formula is C21H32N4O3. The van der Waals surface area contributed by atoms with Gasteiger partial charge >= 0.3 is 0 Å². The Kier molecular flexibility index (Phi) is 6.31. The number of ether oxygens (including phenoxy) is 2. The molecule has 1 saturated carbocycles. The Bertz CT molecular complexity index is 726. The Morgan fingerprint density at radius 3 is 2.54 bits per heavy atom. The zero-order valence-corrected chi connectivity index (χ0v) is 17.5. The third kappa shape index (κ3) is 4.34. The van der Waals surface area contributed by atoms with Gasteiger partial charge < -0.3 is 24.6 Å². The molecule has 1 N–H and O–H groups in total. The van der Waals surface area contributed by atoms with Crippen molar-refractivity contribution in [2.24, 2.45) is 4.99 Å². The van der Waals surface area contributed by atoms with Crippen molar-refractivity contribution in [3.05, 3.63) is 23.8 Å². The van der Waals surface area contributed by atoms with Crippen LogP contribution in [0.4, 0.5) is 0 Å². The molecule has 0 saturated heterocycles. The van der Waals surface area contributed by atoms with Gasteiger partial charge in [-0.15, -0.1) is 0 Å². The van der Waals surface area contributed by atoms with E-state index in [4.69, 9.17) is 14.5 Å². The number of carbonyl (C=O) groups is 1.